The minimum Gasteiger partial charge on any atom is -0.444 e. The Hall–Kier alpha value is -1.07. The highest BCUT2D eigenvalue weighted by atomic mass is 32.1. The molecule has 5 heteroatoms. The summed E-state index contributed by atoms with van der Waals surface area (Å²) in [6.45, 7) is 9.36. The van der Waals surface area contributed by atoms with Crippen molar-refractivity contribution in [3.63, 3.8) is 0 Å². The van der Waals surface area contributed by atoms with E-state index in [4.69, 9.17) is 4.74 Å². The second kappa shape index (κ2) is 6.14. The predicted molar refractivity (Wildman–Crippen MR) is 82.1 cm³/mol. The van der Waals surface area contributed by atoms with Crippen molar-refractivity contribution in [3.8, 4) is 0 Å². The lowest BCUT2D eigenvalue weighted by atomic mass is 10.2. The van der Waals surface area contributed by atoms with Crippen molar-refractivity contribution in [2.24, 2.45) is 0 Å². The van der Waals surface area contributed by atoms with E-state index in [2.05, 4.69) is 29.8 Å². The van der Waals surface area contributed by atoms with E-state index in [1.54, 1.807) is 16.2 Å². The molecule has 1 fully saturated rings. The molecule has 2 atom stereocenters. The van der Waals surface area contributed by atoms with Crippen molar-refractivity contribution in [2.75, 3.05) is 13.1 Å². The summed E-state index contributed by atoms with van der Waals surface area (Å²) in [5, 5.41) is 5.68. The molecule has 1 aromatic heterocycles. The fourth-order valence-electron chi connectivity index (χ4n) is 2.36. The second-order valence-corrected chi connectivity index (χ2v) is 7.30. The maximum absolute atomic E-state index is 12.0. The summed E-state index contributed by atoms with van der Waals surface area (Å²) in [5.74, 6) is 0. The van der Waals surface area contributed by atoms with Crippen molar-refractivity contribution >= 4 is 17.4 Å². The van der Waals surface area contributed by atoms with E-state index >= 15 is 0 Å². The summed E-state index contributed by atoms with van der Waals surface area (Å²) in [6.07, 6.45) is 0.778. The molecule has 1 aliphatic heterocycles. The van der Waals surface area contributed by atoms with Crippen LogP contribution in [0.4, 0.5) is 4.79 Å². The smallest absolute Gasteiger partial charge is 0.410 e. The van der Waals surface area contributed by atoms with E-state index in [9.17, 15) is 4.79 Å². The van der Waals surface area contributed by atoms with Gasteiger partial charge in [-0.15, -0.1) is 11.3 Å². The van der Waals surface area contributed by atoms with Crippen molar-refractivity contribution in [3.05, 3.63) is 22.4 Å². The highest BCUT2D eigenvalue weighted by Crippen LogP contribution is 2.21. The van der Waals surface area contributed by atoms with Crippen LogP contribution in [0.5, 0.6) is 0 Å². The van der Waals surface area contributed by atoms with Gasteiger partial charge in [0.1, 0.15) is 5.60 Å². The molecule has 1 saturated heterocycles. The molecule has 1 N–H and O–H groups in total. The lowest BCUT2D eigenvalue weighted by Gasteiger charge is -2.25. The summed E-state index contributed by atoms with van der Waals surface area (Å²) in [4.78, 5) is 15.1. The molecule has 0 radical (unpaired) electrons. The van der Waals surface area contributed by atoms with E-state index in [-0.39, 0.29) is 6.09 Å². The highest BCUT2D eigenvalue weighted by Gasteiger charge is 2.30. The Morgan fingerprint density at radius 1 is 1.55 bits per heavy atom. The number of carbonyl (C=O) groups excluding carboxylic acids is 1. The molecule has 1 aromatic rings. The van der Waals surface area contributed by atoms with E-state index < -0.39 is 5.60 Å². The molecule has 0 saturated carbocycles. The number of amides is 1. The molecule has 1 unspecified atom stereocenters. The van der Waals surface area contributed by atoms with Crippen LogP contribution in [0.1, 0.15) is 45.0 Å². The van der Waals surface area contributed by atoms with Gasteiger partial charge in [-0.1, -0.05) is 6.07 Å². The topological polar surface area (TPSA) is 41.6 Å². The molecule has 1 aliphatic rings. The Labute approximate surface area is 125 Å². The van der Waals surface area contributed by atoms with Crippen LogP contribution in [0, 0.1) is 0 Å². The number of rotatable bonds is 3. The standard InChI is InChI=1S/C15H24N2O2S/c1-11(13-6-5-9-20-13)16-12-7-8-17(10-12)14(18)19-15(2,3)4/h5-6,9,11-12,16H,7-8,10H2,1-4H3/t11-,12?/m0/s1. The highest BCUT2D eigenvalue weighted by molar-refractivity contribution is 7.10. The lowest BCUT2D eigenvalue weighted by Crippen LogP contribution is -2.38. The third-order valence-electron chi connectivity index (χ3n) is 3.30. The van der Waals surface area contributed by atoms with Gasteiger partial charge in [0.15, 0.2) is 0 Å². The number of thiophene rings is 1. The Kier molecular flexibility index (Phi) is 4.70. The summed E-state index contributed by atoms with van der Waals surface area (Å²) >= 11 is 1.76. The van der Waals surface area contributed by atoms with Gasteiger partial charge >= 0.3 is 6.09 Å². The van der Waals surface area contributed by atoms with Gasteiger partial charge in [-0.2, -0.15) is 0 Å². The van der Waals surface area contributed by atoms with Crippen LogP contribution in [0.25, 0.3) is 0 Å². The van der Waals surface area contributed by atoms with Crippen molar-refractivity contribution in [1.82, 2.24) is 10.2 Å². The summed E-state index contributed by atoms with van der Waals surface area (Å²) < 4.78 is 5.41. The van der Waals surface area contributed by atoms with Crippen LogP contribution in [0.2, 0.25) is 0 Å². The molecule has 0 bridgehead atoms. The van der Waals surface area contributed by atoms with Gasteiger partial charge in [0.2, 0.25) is 0 Å². The van der Waals surface area contributed by atoms with Crippen LogP contribution in [-0.2, 0) is 4.74 Å². The minimum atomic E-state index is -0.424. The number of likely N-dealkylation sites (tertiary alicyclic amines) is 1. The molecule has 2 rings (SSSR count). The molecule has 0 aromatic carbocycles. The number of ether oxygens (including phenoxy) is 1. The van der Waals surface area contributed by atoms with Gasteiger partial charge in [0.05, 0.1) is 0 Å². The predicted octanol–water partition coefficient (Wildman–Crippen LogP) is 3.41. The van der Waals surface area contributed by atoms with Gasteiger partial charge < -0.3 is 15.0 Å². The Morgan fingerprint density at radius 3 is 2.90 bits per heavy atom. The van der Waals surface area contributed by atoms with E-state index in [0.717, 1.165) is 19.5 Å². The Balaban J connectivity index is 1.82. The number of carbonyl (C=O) groups is 1. The average molecular weight is 296 g/mol. The third-order valence-corrected chi connectivity index (χ3v) is 4.35. The van der Waals surface area contributed by atoms with Gasteiger partial charge in [-0.25, -0.2) is 4.79 Å². The summed E-state index contributed by atoms with van der Waals surface area (Å²) in [6, 6.07) is 4.89. The van der Waals surface area contributed by atoms with E-state index in [1.807, 2.05) is 20.8 Å². The quantitative estimate of drug-likeness (QED) is 0.929. The zero-order chi connectivity index (χ0) is 14.8. The molecule has 0 spiro atoms. The van der Waals surface area contributed by atoms with Gasteiger partial charge in [-0.3, -0.25) is 0 Å². The first-order valence-electron chi connectivity index (χ1n) is 7.12. The van der Waals surface area contributed by atoms with Crippen LogP contribution >= 0.6 is 11.3 Å². The fourth-order valence-corrected chi connectivity index (χ4v) is 3.11. The van der Waals surface area contributed by atoms with Crippen molar-refractivity contribution in [1.29, 1.82) is 0 Å². The molecular formula is C15H24N2O2S. The number of hydrogen-bond acceptors (Lipinski definition) is 4. The monoisotopic (exact) mass is 296 g/mol. The van der Waals surface area contributed by atoms with Gasteiger partial charge in [-0.05, 0) is 45.6 Å². The summed E-state index contributed by atoms with van der Waals surface area (Å²) in [5.41, 5.74) is -0.424. The minimum absolute atomic E-state index is 0.203. The lowest BCUT2D eigenvalue weighted by molar-refractivity contribution is 0.0290. The Morgan fingerprint density at radius 2 is 2.30 bits per heavy atom. The van der Waals surface area contributed by atoms with Crippen molar-refractivity contribution < 1.29 is 9.53 Å². The first kappa shape index (κ1) is 15.3. The first-order valence-corrected chi connectivity index (χ1v) is 8.00. The van der Waals surface area contributed by atoms with Gasteiger partial charge in [0, 0.05) is 30.1 Å². The molecule has 1 amide bonds. The zero-order valence-corrected chi connectivity index (χ0v) is 13.5. The molecular weight excluding hydrogens is 272 g/mol. The Bertz CT molecular complexity index is 439. The molecule has 20 heavy (non-hydrogen) atoms. The van der Waals surface area contributed by atoms with Crippen LogP contribution in [0.3, 0.4) is 0 Å². The van der Waals surface area contributed by atoms with Crippen LogP contribution < -0.4 is 5.32 Å². The van der Waals surface area contributed by atoms with E-state index in [1.165, 1.54) is 4.88 Å². The third kappa shape index (κ3) is 4.21. The molecule has 2 heterocycles. The molecule has 0 aliphatic carbocycles. The average Bonchev–Trinajstić information content (AvgIpc) is 2.97. The fraction of sp³-hybridized carbons (Fsp3) is 0.667. The number of hydrogen-bond donors (Lipinski definition) is 1. The maximum atomic E-state index is 12.0. The second-order valence-electron chi connectivity index (χ2n) is 6.32. The number of nitrogens with one attached hydrogen (secondary N) is 1. The van der Waals surface area contributed by atoms with E-state index in [0.29, 0.717) is 12.1 Å². The molecule has 4 nitrogen and oxygen atoms in total. The largest absolute Gasteiger partial charge is 0.444 e. The SMILES string of the molecule is C[C@H](NC1CCN(C(=O)OC(C)(C)C)C1)c1cccs1. The zero-order valence-electron chi connectivity index (χ0n) is 12.7. The van der Waals surface area contributed by atoms with Crippen LogP contribution in [0.15, 0.2) is 17.5 Å². The van der Waals surface area contributed by atoms with Crippen molar-refractivity contribution in [2.45, 2.75) is 51.8 Å². The van der Waals surface area contributed by atoms with Gasteiger partial charge in [0.25, 0.3) is 0 Å². The first-order chi connectivity index (χ1) is 9.35. The normalized spacial score (nSPS) is 21.0. The summed E-state index contributed by atoms with van der Waals surface area (Å²) in [7, 11) is 0. The number of nitrogens with zero attached hydrogens (tertiary/aromatic N) is 1. The maximum Gasteiger partial charge on any atom is 0.410 e. The molecule has 112 valence electrons. The van der Waals surface area contributed by atoms with Crippen LogP contribution in [-0.4, -0.2) is 35.7 Å².